The van der Waals surface area contributed by atoms with E-state index in [9.17, 15) is 4.79 Å². The lowest BCUT2D eigenvalue weighted by Crippen LogP contribution is -2.42. The highest BCUT2D eigenvalue weighted by atomic mass is 16.2. The smallest absolute Gasteiger partial charge is 0.222 e. The number of benzene rings is 1. The van der Waals surface area contributed by atoms with Gasteiger partial charge < -0.3 is 10.6 Å². The highest BCUT2D eigenvalue weighted by Crippen LogP contribution is 2.12. The minimum atomic E-state index is 0.250. The quantitative estimate of drug-likeness (QED) is 0.753. The molecule has 3 heteroatoms. The Morgan fingerprint density at radius 1 is 1.20 bits per heavy atom. The number of rotatable bonds is 9. The fraction of sp³-hybridized carbons (Fsp3) is 0.588. The van der Waals surface area contributed by atoms with Gasteiger partial charge in [0.1, 0.15) is 0 Å². The van der Waals surface area contributed by atoms with Crippen LogP contribution in [0.15, 0.2) is 30.3 Å². The van der Waals surface area contributed by atoms with Crippen molar-refractivity contribution in [2.45, 2.75) is 52.0 Å². The molecule has 112 valence electrons. The highest BCUT2D eigenvalue weighted by Gasteiger charge is 2.19. The summed E-state index contributed by atoms with van der Waals surface area (Å²) in [6.07, 6.45) is 4.49. The Morgan fingerprint density at radius 2 is 1.85 bits per heavy atom. The van der Waals surface area contributed by atoms with E-state index < -0.39 is 0 Å². The monoisotopic (exact) mass is 276 g/mol. The van der Waals surface area contributed by atoms with E-state index in [-0.39, 0.29) is 5.91 Å². The lowest BCUT2D eigenvalue weighted by atomic mass is 10.1. The molecule has 20 heavy (non-hydrogen) atoms. The molecule has 0 aromatic heterocycles. The van der Waals surface area contributed by atoms with Gasteiger partial charge in [-0.15, -0.1) is 0 Å². The Kier molecular flexibility index (Phi) is 7.97. The van der Waals surface area contributed by atoms with Crippen LogP contribution in [0.3, 0.4) is 0 Å². The number of hydrogen-bond donors (Lipinski definition) is 1. The Bertz CT molecular complexity index is 374. The van der Waals surface area contributed by atoms with E-state index in [1.807, 2.05) is 23.1 Å². The highest BCUT2D eigenvalue weighted by molar-refractivity contribution is 5.76. The summed E-state index contributed by atoms with van der Waals surface area (Å²) in [6.45, 7) is 5.49. The molecule has 1 aromatic rings. The molecule has 0 radical (unpaired) electrons. The summed E-state index contributed by atoms with van der Waals surface area (Å²) in [5, 5.41) is 0. The summed E-state index contributed by atoms with van der Waals surface area (Å²) in [4.78, 5) is 14.3. The van der Waals surface area contributed by atoms with E-state index in [1.165, 1.54) is 5.56 Å². The van der Waals surface area contributed by atoms with Gasteiger partial charge in [-0.05, 0) is 31.2 Å². The van der Waals surface area contributed by atoms with Crippen molar-refractivity contribution < 1.29 is 4.79 Å². The van der Waals surface area contributed by atoms with Gasteiger partial charge in [0.05, 0.1) is 0 Å². The minimum Gasteiger partial charge on any atom is -0.338 e. The summed E-state index contributed by atoms with van der Waals surface area (Å²) in [6, 6.07) is 10.7. The van der Waals surface area contributed by atoms with Crippen LogP contribution in [-0.4, -0.2) is 29.9 Å². The van der Waals surface area contributed by atoms with Crippen LogP contribution in [0.25, 0.3) is 0 Å². The predicted octanol–water partition coefficient (Wildman–Crippen LogP) is 2.99. The maximum atomic E-state index is 12.4. The fourth-order valence-electron chi connectivity index (χ4n) is 2.61. The Labute approximate surface area is 123 Å². The van der Waals surface area contributed by atoms with Crippen LogP contribution in [0, 0.1) is 0 Å². The number of hydrogen-bond acceptors (Lipinski definition) is 2. The van der Waals surface area contributed by atoms with Crippen LogP contribution >= 0.6 is 0 Å². The van der Waals surface area contributed by atoms with Crippen LogP contribution in [-0.2, 0) is 11.2 Å². The van der Waals surface area contributed by atoms with Crippen LogP contribution in [0.4, 0.5) is 0 Å². The van der Waals surface area contributed by atoms with E-state index in [4.69, 9.17) is 5.73 Å². The Hall–Kier alpha value is -1.35. The lowest BCUT2D eigenvalue weighted by Gasteiger charge is -2.30. The molecule has 0 heterocycles. The second-order valence-electron chi connectivity index (χ2n) is 5.19. The average Bonchev–Trinajstić information content (AvgIpc) is 2.48. The van der Waals surface area contributed by atoms with Crippen molar-refractivity contribution in [2.75, 3.05) is 13.1 Å². The van der Waals surface area contributed by atoms with Crippen molar-refractivity contribution in [3.63, 3.8) is 0 Å². The number of carbonyl (C=O) groups is 1. The first-order chi connectivity index (χ1) is 9.72. The SMILES string of the molecule is CCC(CC)N(CCN)C(=O)CCCc1ccccc1. The number of aryl methyl sites for hydroxylation is 1. The summed E-state index contributed by atoms with van der Waals surface area (Å²) < 4.78 is 0. The summed E-state index contributed by atoms with van der Waals surface area (Å²) >= 11 is 0. The molecule has 1 aromatic carbocycles. The summed E-state index contributed by atoms with van der Waals surface area (Å²) in [7, 11) is 0. The molecule has 0 unspecified atom stereocenters. The van der Waals surface area contributed by atoms with Crippen molar-refractivity contribution in [3.8, 4) is 0 Å². The van der Waals surface area contributed by atoms with Gasteiger partial charge in [-0.1, -0.05) is 44.2 Å². The van der Waals surface area contributed by atoms with E-state index >= 15 is 0 Å². The zero-order valence-corrected chi connectivity index (χ0v) is 12.8. The minimum absolute atomic E-state index is 0.250. The second-order valence-corrected chi connectivity index (χ2v) is 5.19. The van der Waals surface area contributed by atoms with Crippen LogP contribution in [0.1, 0.15) is 45.1 Å². The van der Waals surface area contributed by atoms with Gasteiger partial charge in [0.15, 0.2) is 0 Å². The average molecular weight is 276 g/mol. The van der Waals surface area contributed by atoms with Gasteiger partial charge in [0.2, 0.25) is 5.91 Å². The van der Waals surface area contributed by atoms with Crippen LogP contribution in [0.5, 0.6) is 0 Å². The molecule has 0 bridgehead atoms. The molecule has 1 amide bonds. The molecular formula is C17H28N2O. The van der Waals surface area contributed by atoms with E-state index in [0.29, 0.717) is 25.6 Å². The molecule has 0 atom stereocenters. The first-order valence-electron chi connectivity index (χ1n) is 7.76. The third-order valence-corrected chi connectivity index (χ3v) is 3.77. The molecule has 0 saturated heterocycles. The molecular weight excluding hydrogens is 248 g/mol. The molecule has 0 aliphatic rings. The first-order valence-corrected chi connectivity index (χ1v) is 7.76. The molecule has 1 rings (SSSR count). The predicted molar refractivity (Wildman–Crippen MR) is 84.5 cm³/mol. The van der Waals surface area contributed by atoms with Crippen molar-refractivity contribution in [2.24, 2.45) is 5.73 Å². The Balaban J connectivity index is 2.45. The topological polar surface area (TPSA) is 46.3 Å². The van der Waals surface area contributed by atoms with Crippen LogP contribution in [0.2, 0.25) is 0 Å². The normalized spacial score (nSPS) is 10.8. The van der Waals surface area contributed by atoms with Gasteiger partial charge in [0.25, 0.3) is 0 Å². The largest absolute Gasteiger partial charge is 0.338 e. The Morgan fingerprint density at radius 3 is 2.40 bits per heavy atom. The third-order valence-electron chi connectivity index (χ3n) is 3.77. The molecule has 0 saturated carbocycles. The van der Waals surface area contributed by atoms with Gasteiger partial charge >= 0.3 is 0 Å². The van der Waals surface area contributed by atoms with Gasteiger partial charge in [-0.2, -0.15) is 0 Å². The number of carbonyl (C=O) groups excluding carboxylic acids is 1. The molecule has 0 fully saturated rings. The number of amides is 1. The number of nitrogens with two attached hydrogens (primary N) is 1. The zero-order chi connectivity index (χ0) is 14.8. The first kappa shape index (κ1) is 16.7. The second kappa shape index (κ2) is 9.54. The standard InChI is InChI=1S/C17H28N2O/c1-3-16(4-2)19(14-13-18)17(20)12-8-11-15-9-6-5-7-10-15/h5-7,9-10,16H,3-4,8,11-14,18H2,1-2H3. The lowest BCUT2D eigenvalue weighted by molar-refractivity contribution is -0.133. The van der Waals surface area contributed by atoms with Crippen molar-refractivity contribution in [3.05, 3.63) is 35.9 Å². The van der Waals surface area contributed by atoms with Gasteiger partial charge in [0, 0.05) is 25.6 Å². The fourth-order valence-corrected chi connectivity index (χ4v) is 2.61. The van der Waals surface area contributed by atoms with Crippen molar-refractivity contribution in [1.82, 2.24) is 4.90 Å². The molecule has 0 spiro atoms. The molecule has 2 N–H and O–H groups in total. The maximum absolute atomic E-state index is 12.4. The molecule has 0 aliphatic heterocycles. The molecule has 3 nitrogen and oxygen atoms in total. The van der Waals surface area contributed by atoms with E-state index in [0.717, 1.165) is 25.7 Å². The van der Waals surface area contributed by atoms with Gasteiger partial charge in [-0.3, -0.25) is 4.79 Å². The van der Waals surface area contributed by atoms with Crippen LogP contribution < -0.4 is 5.73 Å². The third kappa shape index (κ3) is 5.33. The van der Waals surface area contributed by atoms with Gasteiger partial charge in [-0.25, -0.2) is 0 Å². The van der Waals surface area contributed by atoms with Crippen molar-refractivity contribution >= 4 is 5.91 Å². The van der Waals surface area contributed by atoms with E-state index in [1.54, 1.807) is 0 Å². The van der Waals surface area contributed by atoms with E-state index in [2.05, 4.69) is 26.0 Å². The molecule has 0 aliphatic carbocycles. The maximum Gasteiger partial charge on any atom is 0.222 e. The van der Waals surface area contributed by atoms with Crippen molar-refractivity contribution in [1.29, 1.82) is 0 Å². The zero-order valence-electron chi connectivity index (χ0n) is 12.8. The summed E-state index contributed by atoms with van der Waals surface area (Å²) in [5.74, 6) is 0.250. The summed E-state index contributed by atoms with van der Waals surface area (Å²) in [5.41, 5.74) is 6.94. The number of nitrogens with zero attached hydrogens (tertiary/aromatic N) is 1.